The zero-order chi connectivity index (χ0) is 29.8. The molecule has 0 amide bonds. The van der Waals surface area contributed by atoms with Crippen molar-refractivity contribution in [2.75, 3.05) is 11.5 Å². The molecule has 3 aromatic rings. The Labute approximate surface area is 206 Å². The molecule has 0 saturated carbocycles. The predicted molar refractivity (Wildman–Crippen MR) is 103 cm³/mol. The quantitative estimate of drug-likeness (QED) is 0.239. The molecule has 212 valence electrons. The first kappa shape index (κ1) is 29.4. The lowest BCUT2D eigenvalue weighted by Crippen LogP contribution is -2.16. The number of rotatable bonds is 4. The second kappa shape index (κ2) is 9.57. The molecule has 0 atom stereocenters. The van der Waals surface area contributed by atoms with Crippen LogP contribution in [-0.2, 0) is 18.5 Å². The number of benzene rings is 3. The number of hydrogen-bond donors (Lipinski definition) is 2. The molecule has 3 aromatic carbocycles. The van der Waals surface area contributed by atoms with E-state index < -0.39 is 98.7 Å². The molecule has 0 aliphatic carbocycles. The van der Waals surface area contributed by atoms with E-state index in [4.69, 9.17) is 11.5 Å². The molecule has 4 N–H and O–H groups in total. The molecule has 0 saturated heterocycles. The van der Waals surface area contributed by atoms with Gasteiger partial charge in [-0.1, -0.05) is 0 Å². The minimum Gasteiger partial charge on any atom is -0.450 e. The Balaban J connectivity index is 2.30. The highest BCUT2D eigenvalue weighted by Crippen LogP contribution is 2.50. The highest BCUT2D eigenvalue weighted by Gasteiger charge is 2.44. The van der Waals surface area contributed by atoms with Gasteiger partial charge in [-0.25, -0.2) is 17.6 Å². The maximum atomic E-state index is 15.1. The molecular weight excluding hydrogens is 578 g/mol. The third-order valence-electron chi connectivity index (χ3n) is 4.80. The number of anilines is 2. The molecule has 0 aliphatic heterocycles. The lowest BCUT2D eigenvalue weighted by atomic mass is 10.1. The predicted octanol–water partition coefficient (Wildman–Crippen LogP) is 8.19. The molecule has 3 rings (SSSR count). The molecular formula is C21H8F14N2O2. The highest BCUT2D eigenvalue weighted by molar-refractivity contribution is 5.61. The van der Waals surface area contributed by atoms with Gasteiger partial charge in [-0.2, -0.15) is 43.9 Å². The van der Waals surface area contributed by atoms with E-state index in [0.29, 0.717) is 0 Å². The van der Waals surface area contributed by atoms with E-state index in [1.807, 2.05) is 0 Å². The van der Waals surface area contributed by atoms with Crippen molar-refractivity contribution in [2.24, 2.45) is 0 Å². The topological polar surface area (TPSA) is 70.5 Å². The minimum atomic E-state index is -5.79. The van der Waals surface area contributed by atoms with E-state index in [1.54, 1.807) is 0 Å². The Morgan fingerprint density at radius 1 is 0.513 bits per heavy atom. The Hall–Kier alpha value is -4.12. The zero-order valence-electron chi connectivity index (χ0n) is 18.1. The van der Waals surface area contributed by atoms with E-state index >= 15 is 4.39 Å². The Morgan fingerprint density at radius 3 is 1.31 bits per heavy atom. The van der Waals surface area contributed by atoms with Crippen LogP contribution in [0, 0.1) is 29.1 Å². The van der Waals surface area contributed by atoms with E-state index in [1.165, 1.54) is 0 Å². The van der Waals surface area contributed by atoms with Gasteiger partial charge >= 0.3 is 18.5 Å². The SMILES string of the molecule is Nc1c(F)cc(F)c(Oc2ccc(C(F)(F)F)c(Oc3c(F)cc(F)c(N)c3C(F)(F)F)c2F)c1C(F)(F)F. The Bertz CT molecular complexity index is 1450. The summed E-state index contributed by atoms with van der Waals surface area (Å²) < 4.78 is 200. The molecule has 0 fully saturated rings. The molecule has 4 nitrogen and oxygen atoms in total. The van der Waals surface area contributed by atoms with Crippen molar-refractivity contribution >= 4 is 11.4 Å². The van der Waals surface area contributed by atoms with Gasteiger partial charge in [0.2, 0.25) is 5.82 Å². The number of hydrogen-bond acceptors (Lipinski definition) is 4. The van der Waals surface area contributed by atoms with Crippen molar-refractivity contribution in [1.82, 2.24) is 0 Å². The van der Waals surface area contributed by atoms with Crippen molar-refractivity contribution in [3.63, 3.8) is 0 Å². The standard InChI is InChI=1S/C21H8F14N2O2/c22-6-3-8(24)17(11(14(6)36)20(30,31)32)38-10-2-1-5(19(27,28)29)16(13(10)26)39-18-9(25)4-7(23)15(37)12(18)21(33,34)35/h1-4H,36-37H2. The van der Waals surface area contributed by atoms with Gasteiger partial charge in [0.25, 0.3) is 0 Å². The van der Waals surface area contributed by atoms with Crippen LogP contribution in [0.2, 0.25) is 0 Å². The maximum Gasteiger partial charge on any atom is 0.422 e. The van der Waals surface area contributed by atoms with Crippen molar-refractivity contribution < 1.29 is 70.9 Å². The fraction of sp³-hybridized carbons (Fsp3) is 0.143. The van der Waals surface area contributed by atoms with Crippen LogP contribution >= 0.6 is 0 Å². The first-order chi connectivity index (χ1) is 17.7. The van der Waals surface area contributed by atoms with Gasteiger partial charge in [0.05, 0.1) is 11.4 Å². The lowest BCUT2D eigenvalue weighted by molar-refractivity contribution is -0.140. The summed E-state index contributed by atoms with van der Waals surface area (Å²) in [5, 5.41) is 0. The van der Waals surface area contributed by atoms with Crippen LogP contribution in [0.1, 0.15) is 16.7 Å². The summed E-state index contributed by atoms with van der Waals surface area (Å²) in [5.74, 6) is -19.4. The smallest absolute Gasteiger partial charge is 0.422 e. The van der Waals surface area contributed by atoms with Gasteiger partial charge in [-0.15, -0.1) is 0 Å². The first-order valence-corrected chi connectivity index (χ1v) is 9.60. The van der Waals surface area contributed by atoms with E-state index in [0.717, 1.165) is 0 Å². The molecule has 0 radical (unpaired) electrons. The normalized spacial score (nSPS) is 12.6. The summed E-state index contributed by atoms with van der Waals surface area (Å²) >= 11 is 0. The number of nitrogens with two attached hydrogens (primary N) is 2. The molecule has 18 heteroatoms. The van der Waals surface area contributed by atoms with E-state index in [9.17, 15) is 57.1 Å². The van der Waals surface area contributed by atoms with Gasteiger partial charge < -0.3 is 20.9 Å². The molecule has 0 spiro atoms. The summed E-state index contributed by atoms with van der Waals surface area (Å²) in [6.45, 7) is 0. The highest BCUT2D eigenvalue weighted by atomic mass is 19.4. The van der Waals surface area contributed by atoms with Crippen LogP contribution in [0.15, 0.2) is 24.3 Å². The summed E-state index contributed by atoms with van der Waals surface area (Å²) in [5.41, 5.74) is -0.899. The van der Waals surface area contributed by atoms with Crippen molar-refractivity contribution in [2.45, 2.75) is 18.5 Å². The lowest BCUT2D eigenvalue weighted by Gasteiger charge is -2.21. The Kier molecular flexibility index (Phi) is 7.22. The maximum absolute atomic E-state index is 15.1. The number of halogens is 14. The van der Waals surface area contributed by atoms with Crippen LogP contribution in [0.4, 0.5) is 72.8 Å². The number of ether oxygens (including phenoxy) is 2. The summed E-state index contributed by atoms with van der Waals surface area (Å²) in [6, 6.07) is -0.808. The third kappa shape index (κ3) is 5.53. The van der Waals surface area contributed by atoms with E-state index in [-0.39, 0.29) is 24.3 Å². The minimum absolute atomic E-state index is 0.0375. The average Bonchev–Trinajstić information content (AvgIpc) is 2.75. The second-order valence-corrected chi connectivity index (χ2v) is 7.37. The second-order valence-electron chi connectivity index (χ2n) is 7.37. The van der Waals surface area contributed by atoms with Gasteiger partial charge in [-0.3, -0.25) is 0 Å². The molecule has 0 aromatic heterocycles. The van der Waals surface area contributed by atoms with Crippen LogP contribution in [0.5, 0.6) is 23.0 Å². The monoisotopic (exact) mass is 586 g/mol. The zero-order valence-corrected chi connectivity index (χ0v) is 18.1. The summed E-state index contributed by atoms with van der Waals surface area (Å²) in [7, 11) is 0. The van der Waals surface area contributed by atoms with Crippen LogP contribution in [0.25, 0.3) is 0 Å². The fourth-order valence-corrected chi connectivity index (χ4v) is 3.15. The van der Waals surface area contributed by atoms with E-state index in [2.05, 4.69) is 9.47 Å². The fourth-order valence-electron chi connectivity index (χ4n) is 3.15. The molecule has 39 heavy (non-hydrogen) atoms. The van der Waals surface area contributed by atoms with Crippen molar-refractivity contribution in [3.05, 3.63) is 70.0 Å². The van der Waals surface area contributed by atoms with Crippen LogP contribution in [0.3, 0.4) is 0 Å². The van der Waals surface area contributed by atoms with Crippen LogP contribution in [-0.4, -0.2) is 0 Å². The van der Waals surface area contributed by atoms with Gasteiger partial charge in [0.15, 0.2) is 34.6 Å². The third-order valence-corrected chi connectivity index (χ3v) is 4.80. The van der Waals surface area contributed by atoms with Gasteiger partial charge in [0.1, 0.15) is 28.3 Å². The van der Waals surface area contributed by atoms with Crippen molar-refractivity contribution in [3.8, 4) is 23.0 Å². The largest absolute Gasteiger partial charge is 0.450 e. The summed E-state index contributed by atoms with van der Waals surface area (Å²) in [4.78, 5) is 0. The molecule has 0 aliphatic rings. The van der Waals surface area contributed by atoms with Gasteiger partial charge in [0, 0.05) is 12.1 Å². The molecule has 0 unspecified atom stereocenters. The first-order valence-electron chi connectivity index (χ1n) is 9.60. The Morgan fingerprint density at radius 2 is 0.923 bits per heavy atom. The van der Waals surface area contributed by atoms with Crippen molar-refractivity contribution in [1.29, 1.82) is 0 Å². The summed E-state index contributed by atoms with van der Waals surface area (Å²) in [6.07, 6.45) is -17.1. The average molecular weight is 586 g/mol. The molecule has 0 heterocycles. The number of nitrogen functional groups attached to an aromatic ring is 2. The van der Waals surface area contributed by atoms with Crippen LogP contribution < -0.4 is 20.9 Å². The molecule has 0 bridgehead atoms. The number of alkyl halides is 9. The van der Waals surface area contributed by atoms with Gasteiger partial charge in [-0.05, 0) is 12.1 Å².